The van der Waals surface area contributed by atoms with Crippen molar-refractivity contribution in [3.8, 4) is 17.6 Å². The molecule has 2 aromatic rings. The molecular weight excluding hydrogens is 273 g/mol. The van der Waals surface area contributed by atoms with Gasteiger partial charge in [0.05, 0.1) is 18.7 Å². The summed E-state index contributed by atoms with van der Waals surface area (Å²) in [4.78, 5) is 11.9. The van der Waals surface area contributed by atoms with E-state index in [1.165, 1.54) is 31.4 Å². The molecule has 0 unspecified atom stereocenters. The number of halogens is 1. The molecule has 0 fully saturated rings. The van der Waals surface area contributed by atoms with Gasteiger partial charge >= 0.3 is 0 Å². The number of ketones is 1. The molecule has 5 heteroatoms. The second kappa shape index (κ2) is 6.53. The second-order valence-electron chi connectivity index (χ2n) is 4.23. The highest BCUT2D eigenvalue weighted by molar-refractivity contribution is 5.97. The molecule has 0 saturated heterocycles. The van der Waals surface area contributed by atoms with Crippen LogP contribution in [-0.4, -0.2) is 19.5 Å². The van der Waals surface area contributed by atoms with Crippen LogP contribution in [0.4, 0.5) is 4.39 Å². The van der Waals surface area contributed by atoms with Crippen LogP contribution in [0.25, 0.3) is 0 Å². The van der Waals surface area contributed by atoms with Crippen molar-refractivity contribution in [2.24, 2.45) is 0 Å². The van der Waals surface area contributed by atoms with Gasteiger partial charge in [-0.2, -0.15) is 5.26 Å². The standard InChI is InChI=1S/C16H12FNO3/c1-20-14-5-11(9-18)6-15(8-14)21-10-16(19)12-3-2-4-13(17)7-12/h2-8H,10H2,1H3. The molecule has 0 atom stereocenters. The smallest absolute Gasteiger partial charge is 0.200 e. The molecule has 0 aromatic heterocycles. The van der Waals surface area contributed by atoms with Crippen molar-refractivity contribution >= 4 is 5.78 Å². The van der Waals surface area contributed by atoms with Gasteiger partial charge in [0, 0.05) is 11.6 Å². The molecule has 0 bridgehead atoms. The molecule has 0 heterocycles. The molecule has 0 spiro atoms. The predicted molar refractivity (Wildman–Crippen MR) is 73.9 cm³/mol. The lowest BCUT2D eigenvalue weighted by atomic mass is 10.1. The summed E-state index contributed by atoms with van der Waals surface area (Å²) >= 11 is 0. The molecule has 4 nitrogen and oxygen atoms in total. The van der Waals surface area contributed by atoms with Crippen LogP contribution in [0.5, 0.6) is 11.5 Å². The Kier molecular flexibility index (Phi) is 4.52. The quantitative estimate of drug-likeness (QED) is 0.792. The van der Waals surface area contributed by atoms with Crippen molar-refractivity contribution in [2.45, 2.75) is 0 Å². The number of nitriles is 1. The fourth-order valence-electron chi connectivity index (χ4n) is 1.73. The molecular formula is C16H12FNO3. The number of Topliss-reactive ketones (excluding diaryl/α,β-unsaturated/α-hetero) is 1. The maximum Gasteiger partial charge on any atom is 0.200 e. The van der Waals surface area contributed by atoms with Gasteiger partial charge in [-0.15, -0.1) is 0 Å². The summed E-state index contributed by atoms with van der Waals surface area (Å²) in [5.74, 6) is -0.0252. The van der Waals surface area contributed by atoms with Crippen molar-refractivity contribution in [3.63, 3.8) is 0 Å². The summed E-state index contributed by atoms with van der Waals surface area (Å²) in [6.07, 6.45) is 0. The number of methoxy groups -OCH3 is 1. The Morgan fingerprint density at radius 2 is 2.00 bits per heavy atom. The molecule has 106 valence electrons. The fraction of sp³-hybridized carbons (Fsp3) is 0.125. The normalized spacial score (nSPS) is 9.76. The Balaban J connectivity index is 2.09. The number of carbonyl (C=O) groups is 1. The van der Waals surface area contributed by atoms with Gasteiger partial charge in [0.1, 0.15) is 17.3 Å². The van der Waals surface area contributed by atoms with Crippen LogP contribution < -0.4 is 9.47 Å². The Labute approximate surface area is 121 Å². The third-order valence-electron chi connectivity index (χ3n) is 2.76. The molecule has 0 N–H and O–H groups in total. The minimum absolute atomic E-state index is 0.235. The average molecular weight is 285 g/mol. The molecule has 0 aliphatic rings. The van der Waals surface area contributed by atoms with Crippen molar-refractivity contribution in [3.05, 3.63) is 59.4 Å². The van der Waals surface area contributed by atoms with Crippen LogP contribution in [0.3, 0.4) is 0 Å². The lowest BCUT2D eigenvalue weighted by Gasteiger charge is -2.08. The van der Waals surface area contributed by atoms with E-state index in [1.54, 1.807) is 12.1 Å². The molecule has 21 heavy (non-hydrogen) atoms. The van der Waals surface area contributed by atoms with Crippen molar-refractivity contribution in [1.82, 2.24) is 0 Å². The van der Waals surface area contributed by atoms with Crippen molar-refractivity contribution in [1.29, 1.82) is 5.26 Å². The number of nitrogens with zero attached hydrogens (tertiary/aromatic N) is 1. The number of rotatable bonds is 5. The van der Waals surface area contributed by atoms with E-state index in [2.05, 4.69) is 0 Å². The van der Waals surface area contributed by atoms with Crippen LogP contribution in [0.1, 0.15) is 15.9 Å². The monoisotopic (exact) mass is 285 g/mol. The van der Waals surface area contributed by atoms with Gasteiger partial charge in [-0.25, -0.2) is 4.39 Å². The largest absolute Gasteiger partial charge is 0.497 e. The number of ether oxygens (including phenoxy) is 2. The van der Waals surface area contributed by atoms with Crippen LogP contribution in [0.2, 0.25) is 0 Å². The summed E-state index contributed by atoms with van der Waals surface area (Å²) in [5.41, 5.74) is 0.598. The maximum absolute atomic E-state index is 13.0. The van der Waals surface area contributed by atoms with Crippen LogP contribution in [0, 0.1) is 17.1 Å². The highest BCUT2D eigenvalue weighted by atomic mass is 19.1. The first kappa shape index (κ1) is 14.5. The van der Waals surface area contributed by atoms with E-state index in [0.717, 1.165) is 6.07 Å². The zero-order valence-corrected chi connectivity index (χ0v) is 11.3. The minimum atomic E-state index is -0.478. The molecule has 2 aromatic carbocycles. The molecule has 0 aliphatic heterocycles. The summed E-state index contributed by atoms with van der Waals surface area (Å²) in [6.45, 7) is -0.249. The first-order valence-corrected chi connectivity index (χ1v) is 6.13. The van der Waals surface area contributed by atoms with Gasteiger partial charge in [0.15, 0.2) is 12.4 Å². The Morgan fingerprint density at radius 1 is 1.24 bits per heavy atom. The first-order chi connectivity index (χ1) is 10.1. The molecule has 0 radical (unpaired) electrons. The van der Waals surface area contributed by atoms with Crippen LogP contribution in [-0.2, 0) is 0 Å². The third-order valence-corrected chi connectivity index (χ3v) is 2.76. The zero-order valence-electron chi connectivity index (χ0n) is 11.3. The van der Waals surface area contributed by atoms with E-state index in [4.69, 9.17) is 14.7 Å². The fourth-order valence-corrected chi connectivity index (χ4v) is 1.73. The highest BCUT2D eigenvalue weighted by Gasteiger charge is 2.09. The van der Waals surface area contributed by atoms with E-state index >= 15 is 0 Å². The summed E-state index contributed by atoms with van der Waals surface area (Å²) in [7, 11) is 1.47. The van der Waals surface area contributed by atoms with Gasteiger partial charge in [-0.05, 0) is 24.3 Å². The first-order valence-electron chi connectivity index (χ1n) is 6.13. The topological polar surface area (TPSA) is 59.3 Å². The lowest BCUT2D eigenvalue weighted by molar-refractivity contribution is 0.0921. The highest BCUT2D eigenvalue weighted by Crippen LogP contribution is 2.22. The van der Waals surface area contributed by atoms with Gasteiger partial charge < -0.3 is 9.47 Å². The van der Waals surface area contributed by atoms with Crippen LogP contribution in [0.15, 0.2) is 42.5 Å². The minimum Gasteiger partial charge on any atom is -0.497 e. The van der Waals surface area contributed by atoms with E-state index in [0.29, 0.717) is 17.1 Å². The van der Waals surface area contributed by atoms with Crippen molar-refractivity contribution < 1.29 is 18.7 Å². The van der Waals surface area contributed by atoms with Crippen LogP contribution >= 0.6 is 0 Å². The second-order valence-corrected chi connectivity index (χ2v) is 4.23. The number of benzene rings is 2. The SMILES string of the molecule is COc1cc(C#N)cc(OCC(=O)c2cccc(F)c2)c1. The van der Waals surface area contributed by atoms with Crippen molar-refractivity contribution in [2.75, 3.05) is 13.7 Å². The van der Waals surface area contributed by atoms with E-state index in [-0.39, 0.29) is 18.0 Å². The zero-order chi connectivity index (χ0) is 15.2. The Hall–Kier alpha value is -2.87. The maximum atomic E-state index is 13.0. The van der Waals surface area contributed by atoms with E-state index < -0.39 is 5.82 Å². The van der Waals surface area contributed by atoms with E-state index in [9.17, 15) is 9.18 Å². The van der Waals surface area contributed by atoms with Gasteiger partial charge in [0.25, 0.3) is 0 Å². The molecule has 0 saturated carbocycles. The van der Waals surface area contributed by atoms with Gasteiger partial charge in [-0.1, -0.05) is 12.1 Å². The molecule has 2 rings (SSSR count). The number of hydrogen-bond acceptors (Lipinski definition) is 4. The molecule has 0 aliphatic carbocycles. The third kappa shape index (κ3) is 3.80. The Bertz CT molecular complexity index is 707. The van der Waals surface area contributed by atoms with Gasteiger partial charge in [-0.3, -0.25) is 4.79 Å². The summed E-state index contributed by atoms with van der Waals surface area (Å²) in [5, 5.41) is 8.90. The Morgan fingerprint density at radius 3 is 2.67 bits per heavy atom. The summed E-state index contributed by atoms with van der Waals surface area (Å²) in [6, 6.07) is 12.0. The predicted octanol–water partition coefficient (Wildman–Crippen LogP) is 2.97. The molecule has 0 amide bonds. The number of hydrogen-bond donors (Lipinski definition) is 0. The summed E-state index contributed by atoms with van der Waals surface area (Å²) < 4.78 is 23.4. The van der Waals surface area contributed by atoms with E-state index in [1.807, 2.05) is 6.07 Å². The number of carbonyl (C=O) groups excluding carboxylic acids is 1. The van der Waals surface area contributed by atoms with Gasteiger partial charge in [0.2, 0.25) is 0 Å². The average Bonchev–Trinajstić information content (AvgIpc) is 2.52. The lowest BCUT2D eigenvalue weighted by Crippen LogP contribution is -2.11.